The average Bonchev–Trinajstić information content (AvgIpc) is 2.79. The summed E-state index contributed by atoms with van der Waals surface area (Å²) in [5.41, 5.74) is 4.14. The third-order valence-corrected chi connectivity index (χ3v) is 3.94. The molecule has 0 atom stereocenters. The molecule has 9 heteroatoms. The van der Waals surface area contributed by atoms with Crippen molar-refractivity contribution in [2.24, 2.45) is 5.10 Å². The van der Waals surface area contributed by atoms with Crippen LogP contribution in [0.3, 0.4) is 0 Å². The van der Waals surface area contributed by atoms with Crippen LogP contribution in [0.5, 0.6) is 5.75 Å². The molecule has 1 N–H and O–H groups in total. The second kappa shape index (κ2) is 10.2. The van der Waals surface area contributed by atoms with Crippen molar-refractivity contribution in [1.82, 2.24) is 10.4 Å². The number of hydrogen-bond acceptors (Lipinski definition) is 7. The second-order valence-electron chi connectivity index (χ2n) is 6.11. The summed E-state index contributed by atoms with van der Waals surface area (Å²) in [7, 11) is 0. The Balaban J connectivity index is 1.51. The molecule has 3 aromatic rings. The first kappa shape index (κ1) is 21.1. The number of esters is 1. The van der Waals surface area contributed by atoms with Gasteiger partial charge < -0.3 is 4.74 Å². The summed E-state index contributed by atoms with van der Waals surface area (Å²) in [4.78, 5) is 37.8. The Morgan fingerprint density at radius 3 is 2.26 bits per heavy atom. The van der Waals surface area contributed by atoms with Crippen molar-refractivity contribution in [3.8, 4) is 5.75 Å². The molecule has 9 nitrogen and oxygen atoms in total. The van der Waals surface area contributed by atoms with Gasteiger partial charge in [0, 0.05) is 36.2 Å². The van der Waals surface area contributed by atoms with Crippen molar-refractivity contribution in [2.75, 3.05) is 0 Å². The van der Waals surface area contributed by atoms with Crippen molar-refractivity contribution in [3.05, 3.63) is 106 Å². The molecule has 0 saturated carbocycles. The lowest BCUT2D eigenvalue weighted by Gasteiger charge is -2.02. The molecular weight excluding hydrogens is 400 g/mol. The molecule has 2 aromatic carbocycles. The van der Waals surface area contributed by atoms with Crippen LogP contribution < -0.4 is 10.2 Å². The minimum absolute atomic E-state index is 0.0275. The van der Waals surface area contributed by atoms with Crippen LogP contribution in [0.4, 0.5) is 5.69 Å². The maximum absolute atomic E-state index is 11.9. The number of hydrogen-bond donors (Lipinski definition) is 1. The summed E-state index contributed by atoms with van der Waals surface area (Å²) in [5.74, 6) is -0.621. The molecule has 1 heterocycles. The van der Waals surface area contributed by atoms with Gasteiger partial charge in [0.15, 0.2) is 0 Å². The largest absolute Gasteiger partial charge is 0.423 e. The molecule has 0 unspecified atom stereocenters. The number of carbonyl (C=O) groups is 2. The Kier molecular flexibility index (Phi) is 6.94. The maximum Gasteiger partial charge on any atom is 0.336 e. The van der Waals surface area contributed by atoms with Crippen LogP contribution in [-0.2, 0) is 4.79 Å². The molecule has 1 amide bonds. The van der Waals surface area contributed by atoms with Gasteiger partial charge in [0.1, 0.15) is 5.75 Å². The fourth-order valence-electron chi connectivity index (χ4n) is 2.38. The van der Waals surface area contributed by atoms with Crippen molar-refractivity contribution >= 4 is 29.9 Å². The first-order valence-corrected chi connectivity index (χ1v) is 8.99. The fraction of sp³-hybridized carbons (Fsp3) is 0. The van der Waals surface area contributed by atoms with Crippen LogP contribution in [0.15, 0.2) is 84.2 Å². The van der Waals surface area contributed by atoms with Gasteiger partial charge >= 0.3 is 5.97 Å². The van der Waals surface area contributed by atoms with Gasteiger partial charge in [-0.3, -0.25) is 19.9 Å². The van der Waals surface area contributed by atoms with Crippen molar-refractivity contribution in [3.63, 3.8) is 0 Å². The third kappa shape index (κ3) is 6.43. The van der Waals surface area contributed by atoms with Gasteiger partial charge in [-0.05, 0) is 65.7 Å². The zero-order chi connectivity index (χ0) is 22.1. The van der Waals surface area contributed by atoms with E-state index in [-0.39, 0.29) is 11.6 Å². The highest BCUT2D eigenvalue weighted by atomic mass is 16.6. The van der Waals surface area contributed by atoms with Crippen LogP contribution >= 0.6 is 0 Å². The second-order valence-corrected chi connectivity index (χ2v) is 6.11. The number of non-ortho nitro benzene ring substituents is 1. The Morgan fingerprint density at radius 1 is 0.968 bits per heavy atom. The molecule has 0 radical (unpaired) electrons. The van der Waals surface area contributed by atoms with Crippen molar-refractivity contribution in [2.45, 2.75) is 0 Å². The number of pyridine rings is 1. The molecule has 3 rings (SSSR count). The van der Waals surface area contributed by atoms with Gasteiger partial charge in [-0.25, -0.2) is 10.2 Å². The number of ether oxygens (including phenoxy) is 1. The molecule has 154 valence electrons. The molecule has 0 fully saturated rings. The summed E-state index contributed by atoms with van der Waals surface area (Å²) in [6.45, 7) is 0. The zero-order valence-corrected chi connectivity index (χ0v) is 16.0. The first-order chi connectivity index (χ1) is 15.0. The molecule has 31 heavy (non-hydrogen) atoms. The van der Waals surface area contributed by atoms with E-state index in [1.807, 2.05) is 0 Å². The zero-order valence-electron chi connectivity index (χ0n) is 16.0. The molecule has 0 saturated heterocycles. The highest BCUT2D eigenvalue weighted by Gasteiger charge is 2.04. The number of nitrogens with zero attached hydrogens (tertiary/aromatic N) is 3. The van der Waals surface area contributed by atoms with Gasteiger partial charge in [0.2, 0.25) is 0 Å². The first-order valence-electron chi connectivity index (χ1n) is 8.99. The topological polar surface area (TPSA) is 124 Å². The summed E-state index contributed by atoms with van der Waals surface area (Å²) in [5, 5.41) is 14.5. The van der Waals surface area contributed by atoms with E-state index in [0.717, 1.165) is 0 Å². The Bertz CT molecular complexity index is 1120. The van der Waals surface area contributed by atoms with Crippen LogP contribution in [-0.4, -0.2) is 28.0 Å². The van der Waals surface area contributed by atoms with E-state index in [2.05, 4.69) is 15.5 Å². The molecule has 0 bridgehead atoms. The van der Waals surface area contributed by atoms with Gasteiger partial charge in [0.25, 0.3) is 11.6 Å². The van der Waals surface area contributed by atoms with E-state index >= 15 is 0 Å². The third-order valence-electron chi connectivity index (χ3n) is 3.94. The summed E-state index contributed by atoms with van der Waals surface area (Å²) >= 11 is 0. The predicted molar refractivity (Wildman–Crippen MR) is 114 cm³/mol. The van der Waals surface area contributed by atoms with E-state index in [1.165, 1.54) is 55.0 Å². The smallest absolute Gasteiger partial charge is 0.336 e. The quantitative estimate of drug-likeness (QED) is 0.157. The molecule has 0 aliphatic rings. The number of benzene rings is 2. The van der Waals surface area contributed by atoms with Gasteiger partial charge in [-0.1, -0.05) is 0 Å². The van der Waals surface area contributed by atoms with E-state index in [9.17, 15) is 19.7 Å². The summed E-state index contributed by atoms with van der Waals surface area (Å²) < 4.78 is 5.20. The molecule has 0 aliphatic carbocycles. The van der Waals surface area contributed by atoms with E-state index in [1.54, 1.807) is 36.4 Å². The minimum Gasteiger partial charge on any atom is -0.423 e. The lowest BCUT2D eigenvalue weighted by atomic mass is 10.2. The Hall–Kier alpha value is -4.66. The van der Waals surface area contributed by atoms with Crippen LogP contribution in [0.25, 0.3) is 6.08 Å². The number of carbonyl (C=O) groups excluding carboxylic acids is 2. The average molecular weight is 416 g/mol. The highest BCUT2D eigenvalue weighted by molar-refractivity contribution is 5.94. The fourth-order valence-corrected chi connectivity index (χ4v) is 2.38. The number of rotatable bonds is 7. The van der Waals surface area contributed by atoms with Crippen LogP contribution in [0.2, 0.25) is 0 Å². The monoisotopic (exact) mass is 416 g/mol. The molecular formula is C22H16N4O5. The van der Waals surface area contributed by atoms with Crippen LogP contribution in [0.1, 0.15) is 21.5 Å². The van der Waals surface area contributed by atoms with E-state index in [0.29, 0.717) is 22.4 Å². The lowest BCUT2D eigenvalue weighted by Crippen LogP contribution is -2.17. The molecule has 1 aromatic heterocycles. The summed E-state index contributed by atoms with van der Waals surface area (Å²) in [6, 6.07) is 15.4. The predicted octanol–water partition coefficient (Wildman–Crippen LogP) is 3.37. The number of amides is 1. The SMILES string of the molecule is O=C(/C=C/c1ccc([N+](=O)[O-])cc1)Oc1ccc(/C=N\NC(=O)c2ccncc2)cc1. The molecule has 0 aliphatic heterocycles. The minimum atomic E-state index is -0.593. The maximum atomic E-state index is 11.9. The normalized spacial score (nSPS) is 10.8. The standard InChI is InChI=1S/C22H16N4O5/c27-21(10-5-16-1-6-19(7-2-16)26(29)30)31-20-8-3-17(4-9-20)15-24-25-22(28)18-11-13-23-14-12-18/h1-15H,(H,25,28)/b10-5+,24-15-. The van der Waals surface area contributed by atoms with Crippen LogP contribution in [0, 0.1) is 10.1 Å². The highest BCUT2D eigenvalue weighted by Crippen LogP contribution is 2.14. The number of aromatic nitrogens is 1. The van der Waals surface area contributed by atoms with Gasteiger partial charge in [-0.2, -0.15) is 5.10 Å². The molecule has 0 spiro atoms. The lowest BCUT2D eigenvalue weighted by molar-refractivity contribution is -0.384. The van der Waals surface area contributed by atoms with Crippen molar-refractivity contribution < 1.29 is 19.2 Å². The van der Waals surface area contributed by atoms with Gasteiger partial charge in [-0.15, -0.1) is 0 Å². The Morgan fingerprint density at radius 2 is 1.61 bits per heavy atom. The van der Waals surface area contributed by atoms with Crippen molar-refractivity contribution in [1.29, 1.82) is 0 Å². The van der Waals surface area contributed by atoms with Gasteiger partial charge in [0.05, 0.1) is 11.1 Å². The number of hydrazone groups is 1. The van der Waals surface area contributed by atoms with E-state index in [4.69, 9.17) is 4.74 Å². The number of nitrogens with one attached hydrogen (secondary N) is 1. The number of nitro groups is 1. The number of nitro benzene ring substituents is 1. The summed E-state index contributed by atoms with van der Waals surface area (Å²) in [6.07, 6.45) is 7.21. The van der Waals surface area contributed by atoms with E-state index < -0.39 is 10.9 Å². The Labute approximate surface area is 176 Å².